The number of halogens is 1. The Balaban J connectivity index is 1.78. The fourth-order valence-electron chi connectivity index (χ4n) is 1.76. The summed E-state index contributed by atoms with van der Waals surface area (Å²) in [5.41, 5.74) is 4.44. The fraction of sp³-hybridized carbons (Fsp3) is 0.118. The van der Waals surface area contributed by atoms with Gasteiger partial charge in [-0.15, -0.1) is 0 Å². The molecule has 118 valence electrons. The Morgan fingerprint density at radius 1 is 1.17 bits per heavy atom. The highest BCUT2D eigenvalue weighted by Crippen LogP contribution is 2.03. The van der Waals surface area contributed by atoms with E-state index >= 15 is 0 Å². The molecule has 23 heavy (non-hydrogen) atoms. The number of aryl methyl sites for hydroxylation is 1. The second-order valence-corrected chi connectivity index (χ2v) is 4.90. The van der Waals surface area contributed by atoms with Crippen molar-refractivity contribution in [1.82, 2.24) is 10.7 Å². The molecule has 0 heterocycles. The molecule has 0 aromatic heterocycles. The van der Waals surface area contributed by atoms with E-state index in [-0.39, 0.29) is 12.1 Å². The predicted molar refractivity (Wildman–Crippen MR) is 85.6 cm³/mol. The number of rotatable bonds is 5. The molecule has 0 fully saturated rings. The van der Waals surface area contributed by atoms with Gasteiger partial charge in [0.05, 0.1) is 12.8 Å². The Hall–Kier alpha value is -3.02. The lowest BCUT2D eigenvalue weighted by Crippen LogP contribution is -2.34. The van der Waals surface area contributed by atoms with Crippen molar-refractivity contribution in [1.29, 1.82) is 0 Å². The van der Waals surface area contributed by atoms with E-state index < -0.39 is 17.6 Å². The third kappa shape index (κ3) is 5.35. The SMILES string of the molecule is Cc1ccc(/C=N\NC(=O)CNC(=O)c2cccc(F)c2)cc1. The largest absolute Gasteiger partial charge is 0.343 e. The molecule has 5 nitrogen and oxygen atoms in total. The number of amides is 2. The van der Waals surface area contributed by atoms with Crippen LogP contribution in [-0.2, 0) is 4.79 Å². The minimum absolute atomic E-state index is 0.154. The lowest BCUT2D eigenvalue weighted by Gasteiger charge is -2.04. The van der Waals surface area contributed by atoms with Gasteiger partial charge in [0.15, 0.2) is 0 Å². The molecular formula is C17H16FN3O2. The number of hydrogen-bond acceptors (Lipinski definition) is 3. The topological polar surface area (TPSA) is 70.6 Å². The molecular weight excluding hydrogens is 297 g/mol. The molecule has 0 unspecified atom stereocenters. The summed E-state index contributed by atoms with van der Waals surface area (Å²) in [6.45, 7) is 1.73. The zero-order valence-electron chi connectivity index (χ0n) is 12.5. The first-order valence-electron chi connectivity index (χ1n) is 6.97. The quantitative estimate of drug-likeness (QED) is 0.655. The minimum Gasteiger partial charge on any atom is -0.343 e. The molecule has 0 atom stereocenters. The first-order chi connectivity index (χ1) is 11.0. The average Bonchev–Trinajstić information content (AvgIpc) is 2.54. The maximum atomic E-state index is 13.0. The highest BCUT2D eigenvalue weighted by atomic mass is 19.1. The van der Waals surface area contributed by atoms with Crippen LogP contribution in [0.5, 0.6) is 0 Å². The van der Waals surface area contributed by atoms with E-state index in [0.717, 1.165) is 17.2 Å². The molecule has 0 aliphatic heterocycles. The van der Waals surface area contributed by atoms with Gasteiger partial charge in [-0.1, -0.05) is 35.9 Å². The molecule has 0 bridgehead atoms. The van der Waals surface area contributed by atoms with Crippen molar-refractivity contribution in [3.63, 3.8) is 0 Å². The average molecular weight is 313 g/mol. The van der Waals surface area contributed by atoms with Gasteiger partial charge in [-0.25, -0.2) is 9.82 Å². The second kappa shape index (κ2) is 7.84. The number of hydrogen-bond donors (Lipinski definition) is 2. The Morgan fingerprint density at radius 2 is 1.91 bits per heavy atom. The number of carbonyl (C=O) groups excluding carboxylic acids is 2. The maximum Gasteiger partial charge on any atom is 0.259 e. The first kappa shape index (κ1) is 16.4. The number of nitrogens with zero attached hydrogens (tertiary/aromatic N) is 1. The van der Waals surface area contributed by atoms with E-state index in [2.05, 4.69) is 15.8 Å². The minimum atomic E-state index is -0.526. The summed E-state index contributed by atoms with van der Waals surface area (Å²) in [6.07, 6.45) is 1.51. The molecule has 0 spiro atoms. The molecule has 2 aromatic rings. The number of carbonyl (C=O) groups is 2. The highest BCUT2D eigenvalue weighted by Gasteiger charge is 2.08. The van der Waals surface area contributed by atoms with Gasteiger partial charge in [0, 0.05) is 5.56 Å². The van der Waals surface area contributed by atoms with Gasteiger partial charge in [0.2, 0.25) is 0 Å². The van der Waals surface area contributed by atoms with Crippen LogP contribution in [0.15, 0.2) is 53.6 Å². The van der Waals surface area contributed by atoms with Crippen molar-refractivity contribution in [2.75, 3.05) is 6.54 Å². The normalized spacial score (nSPS) is 10.5. The van der Waals surface area contributed by atoms with Crippen LogP contribution >= 0.6 is 0 Å². The van der Waals surface area contributed by atoms with E-state index in [9.17, 15) is 14.0 Å². The lowest BCUT2D eigenvalue weighted by atomic mass is 10.2. The van der Waals surface area contributed by atoms with Crippen molar-refractivity contribution in [3.8, 4) is 0 Å². The van der Waals surface area contributed by atoms with Crippen LogP contribution in [0, 0.1) is 12.7 Å². The van der Waals surface area contributed by atoms with Crippen molar-refractivity contribution in [3.05, 3.63) is 71.0 Å². The van der Waals surface area contributed by atoms with E-state index in [1.807, 2.05) is 31.2 Å². The van der Waals surface area contributed by atoms with E-state index in [1.165, 1.54) is 24.4 Å². The lowest BCUT2D eigenvalue weighted by molar-refractivity contribution is -0.120. The predicted octanol–water partition coefficient (Wildman–Crippen LogP) is 2.01. The molecule has 2 rings (SSSR count). The molecule has 2 N–H and O–H groups in total. The summed E-state index contributed by atoms with van der Waals surface area (Å²) < 4.78 is 13.0. The van der Waals surface area contributed by atoms with Gasteiger partial charge in [0.1, 0.15) is 5.82 Å². The summed E-state index contributed by atoms with van der Waals surface area (Å²) in [4.78, 5) is 23.3. The van der Waals surface area contributed by atoms with Gasteiger partial charge < -0.3 is 5.32 Å². The van der Waals surface area contributed by atoms with Gasteiger partial charge in [0.25, 0.3) is 11.8 Å². The summed E-state index contributed by atoms with van der Waals surface area (Å²) in [7, 11) is 0. The van der Waals surface area contributed by atoms with Crippen LogP contribution in [0.4, 0.5) is 4.39 Å². The molecule has 0 radical (unpaired) electrons. The number of hydrazone groups is 1. The van der Waals surface area contributed by atoms with Crippen LogP contribution < -0.4 is 10.7 Å². The molecule has 0 saturated heterocycles. The molecule has 2 aromatic carbocycles. The standard InChI is InChI=1S/C17H16FN3O2/c1-12-5-7-13(8-6-12)10-20-21-16(22)11-19-17(23)14-3-2-4-15(18)9-14/h2-10H,11H2,1H3,(H,19,23)(H,21,22)/b20-10-. The van der Waals surface area contributed by atoms with Crippen molar-refractivity contribution >= 4 is 18.0 Å². The second-order valence-electron chi connectivity index (χ2n) is 4.90. The Bertz CT molecular complexity index is 727. The maximum absolute atomic E-state index is 13.0. The smallest absolute Gasteiger partial charge is 0.259 e. The number of benzene rings is 2. The van der Waals surface area contributed by atoms with Crippen LogP contribution in [0.25, 0.3) is 0 Å². The Labute approximate surface area is 133 Å². The number of nitrogens with one attached hydrogen (secondary N) is 2. The third-order valence-corrected chi connectivity index (χ3v) is 2.98. The van der Waals surface area contributed by atoms with Crippen molar-refractivity contribution in [2.24, 2.45) is 5.10 Å². The summed E-state index contributed by atoms with van der Waals surface area (Å²) in [6, 6.07) is 12.8. The van der Waals surface area contributed by atoms with Gasteiger partial charge in [-0.05, 0) is 30.7 Å². The van der Waals surface area contributed by atoms with Gasteiger partial charge in [-0.2, -0.15) is 5.10 Å². The third-order valence-electron chi connectivity index (χ3n) is 2.98. The Kier molecular flexibility index (Phi) is 5.57. The highest BCUT2D eigenvalue weighted by molar-refractivity contribution is 5.96. The van der Waals surface area contributed by atoms with Crippen LogP contribution in [0.2, 0.25) is 0 Å². The van der Waals surface area contributed by atoms with E-state index in [4.69, 9.17) is 0 Å². The van der Waals surface area contributed by atoms with Crippen molar-refractivity contribution < 1.29 is 14.0 Å². The summed E-state index contributed by atoms with van der Waals surface area (Å²) in [5.74, 6) is -1.51. The first-order valence-corrected chi connectivity index (χ1v) is 6.97. The van der Waals surface area contributed by atoms with Crippen LogP contribution in [0.1, 0.15) is 21.5 Å². The zero-order chi connectivity index (χ0) is 16.7. The Morgan fingerprint density at radius 3 is 2.61 bits per heavy atom. The fourth-order valence-corrected chi connectivity index (χ4v) is 1.76. The van der Waals surface area contributed by atoms with Crippen molar-refractivity contribution in [2.45, 2.75) is 6.92 Å². The van der Waals surface area contributed by atoms with Gasteiger partial charge >= 0.3 is 0 Å². The zero-order valence-corrected chi connectivity index (χ0v) is 12.5. The molecule has 0 saturated carbocycles. The molecule has 2 amide bonds. The van der Waals surface area contributed by atoms with E-state index in [0.29, 0.717) is 0 Å². The summed E-state index contributed by atoms with van der Waals surface area (Å²) in [5, 5.41) is 6.19. The monoisotopic (exact) mass is 313 g/mol. The van der Waals surface area contributed by atoms with Crippen LogP contribution in [-0.4, -0.2) is 24.6 Å². The molecule has 0 aliphatic carbocycles. The van der Waals surface area contributed by atoms with Gasteiger partial charge in [-0.3, -0.25) is 9.59 Å². The van der Waals surface area contributed by atoms with E-state index in [1.54, 1.807) is 0 Å². The molecule has 0 aliphatic rings. The molecule has 6 heteroatoms. The summed E-state index contributed by atoms with van der Waals surface area (Å²) >= 11 is 0. The van der Waals surface area contributed by atoms with Crippen LogP contribution in [0.3, 0.4) is 0 Å².